The molecule has 0 saturated carbocycles. The third kappa shape index (κ3) is 1.76. The SMILES string of the molecule is O=C1NC(O)c2c1c1c(c3c2-c2cccc(Cl)c2N=3)=Nc2c(Cl)cccc2-1. The number of aliphatic hydroxyl groups excluding tert-OH is 1. The molecule has 0 saturated heterocycles. The van der Waals surface area contributed by atoms with Crippen LogP contribution in [0, 0.1) is 0 Å². The van der Waals surface area contributed by atoms with Crippen molar-refractivity contribution in [3.8, 4) is 22.3 Å². The molecule has 2 N–H and O–H groups in total. The van der Waals surface area contributed by atoms with Crippen LogP contribution in [0.15, 0.2) is 46.4 Å². The predicted molar refractivity (Wildman–Crippen MR) is 101 cm³/mol. The van der Waals surface area contributed by atoms with Gasteiger partial charge in [-0.3, -0.25) is 4.79 Å². The Labute approximate surface area is 162 Å². The van der Waals surface area contributed by atoms with Crippen molar-refractivity contribution in [3.05, 3.63) is 68.3 Å². The maximum atomic E-state index is 12.7. The van der Waals surface area contributed by atoms with Gasteiger partial charge in [-0.1, -0.05) is 47.5 Å². The third-order valence-electron chi connectivity index (χ3n) is 5.21. The van der Waals surface area contributed by atoms with Crippen LogP contribution in [0.1, 0.15) is 22.1 Å². The van der Waals surface area contributed by atoms with Gasteiger partial charge in [0.05, 0.1) is 37.7 Å². The van der Waals surface area contributed by atoms with Crippen molar-refractivity contribution in [2.45, 2.75) is 6.23 Å². The fourth-order valence-corrected chi connectivity index (χ4v) is 4.59. The Morgan fingerprint density at radius 3 is 2.04 bits per heavy atom. The molecule has 27 heavy (non-hydrogen) atoms. The molecule has 0 aliphatic carbocycles. The molecular weight excluding hydrogens is 385 g/mol. The van der Waals surface area contributed by atoms with Gasteiger partial charge in [0.25, 0.3) is 5.91 Å². The van der Waals surface area contributed by atoms with Crippen LogP contribution in [0.5, 0.6) is 0 Å². The van der Waals surface area contributed by atoms with Gasteiger partial charge < -0.3 is 10.4 Å². The van der Waals surface area contributed by atoms with Crippen molar-refractivity contribution in [1.29, 1.82) is 0 Å². The highest BCUT2D eigenvalue weighted by molar-refractivity contribution is 6.34. The molecule has 0 aromatic heterocycles. The van der Waals surface area contributed by atoms with E-state index in [1.807, 2.05) is 24.3 Å². The molecular formula is C20H9Cl2N3O2. The van der Waals surface area contributed by atoms with Gasteiger partial charge in [0.2, 0.25) is 0 Å². The summed E-state index contributed by atoms with van der Waals surface area (Å²) in [5.41, 5.74) is 5.06. The molecule has 0 radical (unpaired) electrons. The molecule has 6 rings (SSSR count). The number of nitrogens with zero attached hydrogens (tertiary/aromatic N) is 2. The standard InChI is InChI=1S/C20H9Cl2N3O2/c21-9-5-1-3-7-11-13-14(20(27)25-19(13)26)12-8-4-2-6-10(22)16(8)24-18(12)17(11)23-15(7)9/h1-6,19,26H,(H,25,27). The lowest BCUT2D eigenvalue weighted by atomic mass is 9.90. The lowest BCUT2D eigenvalue weighted by molar-refractivity contribution is 0.0851. The van der Waals surface area contributed by atoms with E-state index in [2.05, 4.69) is 5.32 Å². The quantitative estimate of drug-likeness (QED) is 0.421. The number of rotatable bonds is 0. The molecule has 3 aromatic rings. The normalized spacial score (nSPS) is 17.3. The molecule has 1 atom stereocenters. The number of carbonyl (C=O) groups is 1. The van der Waals surface area contributed by atoms with Gasteiger partial charge in [-0.25, -0.2) is 9.98 Å². The van der Waals surface area contributed by atoms with Crippen LogP contribution in [0.2, 0.25) is 10.0 Å². The number of carbonyl (C=O) groups excluding carboxylic acids is 1. The summed E-state index contributed by atoms with van der Waals surface area (Å²) in [5, 5.41) is 15.4. The Hall–Kier alpha value is -2.73. The van der Waals surface area contributed by atoms with Crippen molar-refractivity contribution in [2.24, 2.45) is 9.98 Å². The van der Waals surface area contributed by atoms with E-state index in [0.29, 0.717) is 54.4 Å². The summed E-state index contributed by atoms with van der Waals surface area (Å²) in [6.45, 7) is 0. The Morgan fingerprint density at radius 1 is 0.852 bits per heavy atom. The molecule has 130 valence electrons. The topological polar surface area (TPSA) is 74.0 Å². The zero-order valence-corrected chi connectivity index (χ0v) is 15.1. The van der Waals surface area contributed by atoms with E-state index in [0.717, 1.165) is 11.1 Å². The van der Waals surface area contributed by atoms with Crippen LogP contribution in [-0.4, -0.2) is 11.0 Å². The zero-order valence-electron chi connectivity index (χ0n) is 13.5. The van der Waals surface area contributed by atoms with Crippen molar-refractivity contribution in [1.82, 2.24) is 5.32 Å². The number of benzene rings is 3. The number of amides is 1. The maximum Gasteiger partial charge on any atom is 0.254 e. The van der Waals surface area contributed by atoms with E-state index in [1.54, 1.807) is 12.1 Å². The molecule has 1 amide bonds. The van der Waals surface area contributed by atoms with Crippen molar-refractivity contribution in [3.63, 3.8) is 0 Å². The van der Waals surface area contributed by atoms with Crippen LogP contribution in [0.25, 0.3) is 22.3 Å². The first kappa shape index (κ1) is 15.3. The van der Waals surface area contributed by atoms with Crippen LogP contribution in [0.4, 0.5) is 11.4 Å². The number of hydrogen-bond acceptors (Lipinski definition) is 4. The van der Waals surface area contributed by atoms with Crippen molar-refractivity contribution in [2.75, 3.05) is 0 Å². The van der Waals surface area contributed by atoms with E-state index < -0.39 is 6.23 Å². The number of fused-ring (bicyclic) bond motifs is 10. The van der Waals surface area contributed by atoms with Gasteiger partial charge in [-0.2, -0.15) is 0 Å². The summed E-state index contributed by atoms with van der Waals surface area (Å²) in [5.74, 6) is -0.338. The first-order valence-electron chi connectivity index (χ1n) is 8.30. The summed E-state index contributed by atoms with van der Waals surface area (Å²) < 4.78 is 0. The van der Waals surface area contributed by atoms with Gasteiger partial charge in [-0.15, -0.1) is 0 Å². The molecule has 1 unspecified atom stereocenters. The first-order chi connectivity index (χ1) is 13.1. The van der Waals surface area contributed by atoms with Gasteiger partial charge in [0.15, 0.2) is 6.23 Å². The number of para-hydroxylation sites is 2. The van der Waals surface area contributed by atoms with Crippen LogP contribution in [0.3, 0.4) is 0 Å². The van der Waals surface area contributed by atoms with Gasteiger partial charge in [0.1, 0.15) is 0 Å². The Balaban J connectivity index is 1.88. The minimum Gasteiger partial charge on any atom is -0.369 e. The summed E-state index contributed by atoms with van der Waals surface area (Å²) in [6, 6.07) is 10.9. The highest BCUT2D eigenvalue weighted by atomic mass is 35.5. The Kier molecular flexibility index (Phi) is 2.81. The summed E-state index contributed by atoms with van der Waals surface area (Å²) >= 11 is 12.7. The average Bonchev–Trinajstić information content (AvgIpc) is 3.28. The molecule has 0 bridgehead atoms. The molecule has 5 nitrogen and oxygen atoms in total. The molecule has 0 spiro atoms. The second-order valence-electron chi connectivity index (χ2n) is 6.61. The summed E-state index contributed by atoms with van der Waals surface area (Å²) in [6.07, 6.45) is -1.12. The molecule has 3 heterocycles. The Morgan fingerprint density at radius 2 is 1.41 bits per heavy atom. The second-order valence-corrected chi connectivity index (χ2v) is 7.42. The molecule has 0 fully saturated rings. The van der Waals surface area contributed by atoms with E-state index in [9.17, 15) is 9.90 Å². The van der Waals surface area contributed by atoms with Gasteiger partial charge in [0, 0.05) is 27.8 Å². The summed E-state index contributed by atoms with van der Waals surface area (Å²) in [4.78, 5) is 22.1. The Bertz CT molecular complexity index is 1360. The predicted octanol–water partition coefficient (Wildman–Crippen LogP) is 3.59. The minimum atomic E-state index is -1.12. The largest absolute Gasteiger partial charge is 0.369 e. The molecule has 7 heteroatoms. The van der Waals surface area contributed by atoms with Gasteiger partial charge >= 0.3 is 0 Å². The van der Waals surface area contributed by atoms with Gasteiger partial charge in [-0.05, 0) is 12.1 Å². The maximum absolute atomic E-state index is 12.7. The fraction of sp³-hybridized carbons (Fsp3) is 0.0500. The van der Waals surface area contributed by atoms with Crippen molar-refractivity contribution < 1.29 is 9.90 Å². The first-order valence-corrected chi connectivity index (χ1v) is 9.06. The number of hydrogen-bond donors (Lipinski definition) is 2. The smallest absolute Gasteiger partial charge is 0.254 e. The van der Waals surface area contributed by atoms with E-state index >= 15 is 0 Å². The van der Waals surface area contributed by atoms with Crippen LogP contribution in [-0.2, 0) is 0 Å². The van der Waals surface area contributed by atoms with E-state index in [1.165, 1.54) is 0 Å². The number of nitrogens with one attached hydrogen (secondary N) is 1. The average molecular weight is 394 g/mol. The molecule has 3 aromatic carbocycles. The number of halogens is 2. The third-order valence-corrected chi connectivity index (χ3v) is 5.82. The lowest BCUT2D eigenvalue weighted by Gasteiger charge is -2.11. The van der Waals surface area contributed by atoms with Crippen molar-refractivity contribution >= 4 is 40.5 Å². The highest BCUT2D eigenvalue weighted by Gasteiger charge is 2.39. The summed E-state index contributed by atoms with van der Waals surface area (Å²) in [7, 11) is 0. The molecule has 3 aliphatic heterocycles. The fourth-order valence-electron chi connectivity index (χ4n) is 4.16. The van der Waals surface area contributed by atoms with E-state index in [-0.39, 0.29) is 5.91 Å². The molecule has 3 aliphatic rings. The van der Waals surface area contributed by atoms with Crippen LogP contribution >= 0.6 is 23.2 Å². The second kappa shape index (κ2) is 4.95. The zero-order chi connectivity index (χ0) is 18.4. The minimum absolute atomic E-state index is 0.338. The van der Waals surface area contributed by atoms with Crippen LogP contribution < -0.4 is 16.0 Å². The number of aliphatic hydroxyl groups is 1. The highest BCUT2D eigenvalue weighted by Crippen LogP contribution is 2.47. The van der Waals surface area contributed by atoms with E-state index in [4.69, 9.17) is 33.2 Å². The monoisotopic (exact) mass is 393 g/mol. The lowest BCUT2D eigenvalue weighted by Crippen LogP contribution is -2.29.